The summed E-state index contributed by atoms with van der Waals surface area (Å²) >= 11 is 0. The number of ether oxygens (including phenoxy) is 2. The van der Waals surface area contributed by atoms with Crippen LogP contribution in [-0.2, 0) is 19.6 Å². The molecule has 7 nitrogen and oxygen atoms in total. The van der Waals surface area contributed by atoms with Crippen molar-refractivity contribution in [3.05, 3.63) is 135 Å². The summed E-state index contributed by atoms with van der Waals surface area (Å²) in [6, 6.07) is 32.3. The van der Waals surface area contributed by atoms with Crippen molar-refractivity contribution in [1.82, 2.24) is 4.90 Å². The molecule has 40 heavy (non-hydrogen) atoms. The second-order valence-corrected chi connectivity index (χ2v) is 9.59. The van der Waals surface area contributed by atoms with E-state index in [1.807, 2.05) is 72.8 Å². The molecule has 0 aromatic heterocycles. The Morgan fingerprint density at radius 3 is 2.10 bits per heavy atom. The van der Waals surface area contributed by atoms with Gasteiger partial charge in [-0.05, 0) is 53.8 Å². The Morgan fingerprint density at radius 1 is 0.875 bits per heavy atom. The number of nitro groups is 1. The maximum absolute atomic E-state index is 11.9. The maximum atomic E-state index is 11.9. The molecule has 0 aliphatic carbocycles. The van der Waals surface area contributed by atoms with Gasteiger partial charge in [-0.2, -0.15) is 0 Å². The Balaban J connectivity index is 0.00000441. The van der Waals surface area contributed by atoms with Crippen molar-refractivity contribution in [1.29, 1.82) is 0 Å². The van der Waals surface area contributed by atoms with Crippen LogP contribution in [0.4, 0.5) is 5.69 Å². The fraction of sp³-hybridized carbons (Fsp3) is 0.250. The van der Waals surface area contributed by atoms with Crippen molar-refractivity contribution in [2.24, 2.45) is 0 Å². The highest BCUT2D eigenvalue weighted by atomic mass is 35.5. The Labute approximate surface area is 241 Å². The lowest BCUT2D eigenvalue weighted by atomic mass is 10.0. The van der Waals surface area contributed by atoms with E-state index in [9.17, 15) is 15.2 Å². The summed E-state index contributed by atoms with van der Waals surface area (Å²) in [7, 11) is 1.65. The fourth-order valence-electron chi connectivity index (χ4n) is 4.52. The zero-order chi connectivity index (χ0) is 27.6. The fourth-order valence-corrected chi connectivity index (χ4v) is 4.52. The number of nitrogens with zero attached hydrogens (tertiary/aromatic N) is 2. The molecule has 2 atom stereocenters. The summed E-state index contributed by atoms with van der Waals surface area (Å²) in [6.07, 6.45) is -0.149. The summed E-state index contributed by atoms with van der Waals surface area (Å²) in [5.41, 5.74) is 3.51. The average molecular weight is 563 g/mol. The van der Waals surface area contributed by atoms with Crippen molar-refractivity contribution in [2.45, 2.75) is 38.6 Å². The van der Waals surface area contributed by atoms with Gasteiger partial charge in [-0.25, -0.2) is 0 Å². The lowest BCUT2D eigenvalue weighted by Gasteiger charge is -2.31. The van der Waals surface area contributed by atoms with Gasteiger partial charge < -0.3 is 14.6 Å². The molecule has 0 aliphatic heterocycles. The van der Waals surface area contributed by atoms with Gasteiger partial charge in [0.25, 0.3) is 0 Å². The summed E-state index contributed by atoms with van der Waals surface area (Å²) in [4.78, 5) is 13.6. The Bertz CT molecular complexity index is 1340. The van der Waals surface area contributed by atoms with Crippen LogP contribution in [0.1, 0.15) is 35.3 Å². The highest BCUT2D eigenvalue weighted by Crippen LogP contribution is 2.32. The molecule has 4 rings (SSSR count). The molecule has 0 aliphatic rings. The molecule has 4 aromatic rings. The van der Waals surface area contributed by atoms with Crippen LogP contribution in [0.2, 0.25) is 0 Å². The molecule has 0 spiro atoms. The van der Waals surface area contributed by atoms with Crippen LogP contribution in [0.25, 0.3) is 0 Å². The number of hydrogen-bond acceptors (Lipinski definition) is 6. The van der Waals surface area contributed by atoms with Crippen molar-refractivity contribution >= 4 is 18.1 Å². The SMILES string of the molecule is COc1ccc(C[C@H](C)N(Cc2ccccc2)C[C@H](O)c2ccc(OCc3ccccc3)c([N+](=O)[O-])c2)cc1.Cl. The molecule has 0 saturated carbocycles. The first-order valence-corrected chi connectivity index (χ1v) is 13.0. The third-order valence-electron chi connectivity index (χ3n) is 6.75. The van der Waals surface area contributed by atoms with E-state index in [2.05, 4.69) is 24.0 Å². The van der Waals surface area contributed by atoms with E-state index < -0.39 is 11.0 Å². The molecule has 0 saturated heterocycles. The molecule has 0 fully saturated rings. The van der Waals surface area contributed by atoms with Crippen molar-refractivity contribution < 1.29 is 19.5 Å². The summed E-state index contributed by atoms with van der Waals surface area (Å²) in [5.74, 6) is 0.981. The van der Waals surface area contributed by atoms with Crippen LogP contribution in [0.15, 0.2) is 103 Å². The number of hydrogen-bond donors (Lipinski definition) is 1. The minimum Gasteiger partial charge on any atom is -0.497 e. The van der Waals surface area contributed by atoms with Crippen LogP contribution >= 0.6 is 12.4 Å². The van der Waals surface area contributed by atoms with Crippen LogP contribution < -0.4 is 9.47 Å². The molecule has 8 heteroatoms. The zero-order valence-electron chi connectivity index (χ0n) is 22.7. The second-order valence-electron chi connectivity index (χ2n) is 9.59. The van der Waals surface area contributed by atoms with Crippen LogP contribution in [0, 0.1) is 10.1 Å². The first-order valence-electron chi connectivity index (χ1n) is 13.0. The van der Waals surface area contributed by atoms with E-state index in [-0.39, 0.29) is 36.5 Å². The minimum atomic E-state index is -0.922. The summed E-state index contributed by atoms with van der Waals surface area (Å²) < 4.78 is 11.0. The van der Waals surface area contributed by atoms with Crippen LogP contribution in [0.3, 0.4) is 0 Å². The van der Waals surface area contributed by atoms with E-state index in [1.54, 1.807) is 19.2 Å². The predicted octanol–water partition coefficient (Wildman–Crippen LogP) is 6.77. The monoisotopic (exact) mass is 562 g/mol. The average Bonchev–Trinajstić information content (AvgIpc) is 2.97. The molecule has 0 unspecified atom stereocenters. The number of aliphatic hydroxyl groups is 1. The topological polar surface area (TPSA) is 85.1 Å². The van der Waals surface area contributed by atoms with Crippen molar-refractivity contribution in [3.63, 3.8) is 0 Å². The normalized spacial score (nSPS) is 12.3. The van der Waals surface area contributed by atoms with Gasteiger partial charge in [0.1, 0.15) is 12.4 Å². The quantitative estimate of drug-likeness (QED) is 0.143. The number of rotatable bonds is 13. The number of methoxy groups -OCH3 is 1. The molecule has 1 N–H and O–H groups in total. The van der Waals surface area contributed by atoms with Gasteiger partial charge in [-0.15, -0.1) is 12.4 Å². The lowest BCUT2D eigenvalue weighted by molar-refractivity contribution is -0.386. The lowest BCUT2D eigenvalue weighted by Crippen LogP contribution is -2.37. The highest BCUT2D eigenvalue weighted by Gasteiger charge is 2.23. The Hall–Kier alpha value is -3.91. The standard InChI is InChI=1S/C32H34N2O5.ClH/c1-24(19-25-13-16-29(38-2)17-14-25)33(21-26-9-5-3-6-10-26)22-31(35)28-15-18-32(30(20-28)34(36)37)39-23-27-11-7-4-8-12-27;/h3-18,20,24,31,35H,19,21-23H2,1-2H3;1H/t24-,31-;/m0./s1. The van der Waals surface area contributed by atoms with Gasteiger partial charge in [-0.1, -0.05) is 78.9 Å². The number of halogens is 1. The number of aliphatic hydroxyl groups excluding tert-OH is 1. The molecular formula is C32H35ClN2O5. The van der Waals surface area contributed by atoms with Gasteiger partial charge in [0, 0.05) is 25.2 Å². The first-order chi connectivity index (χ1) is 18.9. The predicted molar refractivity (Wildman–Crippen MR) is 159 cm³/mol. The van der Waals surface area contributed by atoms with Crippen molar-refractivity contribution in [2.75, 3.05) is 13.7 Å². The first kappa shape index (κ1) is 30.6. The molecule has 0 heterocycles. The minimum absolute atomic E-state index is 0. The van der Waals surface area contributed by atoms with Gasteiger partial charge in [0.05, 0.1) is 18.1 Å². The van der Waals surface area contributed by atoms with Gasteiger partial charge in [-0.3, -0.25) is 15.0 Å². The third kappa shape index (κ3) is 8.55. The second kappa shape index (κ2) is 15.0. The van der Waals surface area contributed by atoms with Gasteiger partial charge in [0.2, 0.25) is 0 Å². The van der Waals surface area contributed by atoms with Crippen molar-refractivity contribution in [3.8, 4) is 11.5 Å². The van der Waals surface area contributed by atoms with E-state index in [0.717, 1.165) is 28.9 Å². The molecule has 210 valence electrons. The molecule has 0 amide bonds. The molecule has 4 aromatic carbocycles. The number of benzene rings is 4. The Kier molecular flexibility index (Phi) is 11.5. The largest absolute Gasteiger partial charge is 0.497 e. The van der Waals surface area contributed by atoms with Gasteiger partial charge in [0.15, 0.2) is 5.75 Å². The maximum Gasteiger partial charge on any atom is 0.311 e. The molecule has 0 bridgehead atoms. The summed E-state index contributed by atoms with van der Waals surface area (Å²) in [5, 5.41) is 23.1. The Morgan fingerprint density at radius 2 is 1.50 bits per heavy atom. The van der Waals surface area contributed by atoms with E-state index >= 15 is 0 Å². The third-order valence-corrected chi connectivity index (χ3v) is 6.75. The van der Waals surface area contributed by atoms with E-state index in [0.29, 0.717) is 18.7 Å². The van der Waals surface area contributed by atoms with Gasteiger partial charge >= 0.3 is 5.69 Å². The number of nitro benzene ring substituents is 1. The molecule has 0 radical (unpaired) electrons. The zero-order valence-corrected chi connectivity index (χ0v) is 23.5. The smallest absolute Gasteiger partial charge is 0.311 e. The van der Waals surface area contributed by atoms with Crippen LogP contribution in [-0.4, -0.2) is 34.6 Å². The van der Waals surface area contributed by atoms with E-state index in [1.165, 1.54) is 6.07 Å². The highest BCUT2D eigenvalue weighted by molar-refractivity contribution is 5.85. The molecular weight excluding hydrogens is 528 g/mol. The van der Waals surface area contributed by atoms with E-state index in [4.69, 9.17) is 9.47 Å². The van der Waals surface area contributed by atoms with Crippen LogP contribution in [0.5, 0.6) is 11.5 Å². The summed E-state index contributed by atoms with van der Waals surface area (Å²) in [6.45, 7) is 3.29.